The van der Waals surface area contributed by atoms with Gasteiger partial charge in [0.25, 0.3) is 0 Å². The van der Waals surface area contributed by atoms with E-state index in [1.807, 2.05) is 56.1 Å². The first-order chi connectivity index (χ1) is 7.57. The lowest BCUT2D eigenvalue weighted by Gasteiger charge is -2.26. The van der Waals surface area contributed by atoms with Crippen LogP contribution in [0.15, 0.2) is 30.3 Å². The molecule has 0 heterocycles. The van der Waals surface area contributed by atoms with Gasteiger partial charge in [-0.3, -0.25) is 4.79 Å². The zero-order valence-corrected chi connectivity index (χ0v) is 10.6. The zero-order valence-electron chi connectivity index (χ0n) is 10.6. The third-order valence-corrected chi connectivity index (χ3v) is 3.03. The number of benzene rings is 1. The molecule has 0 aromatic heterocycles. The van der Waals surface area contributed by atoms with Crippen molar-refractivity contribution in [1.29, 1.82) is 0 Å². The SMILES string of the molecule is CCC(C(=O)N(C)C(C)C)c1ccccc1. The van der Waals surface area contributed by atoms with Crippen molar-refractivity contribution in [3.05, 3.63) is 35.9 Å². The molecule has 1 amide bonds. The van der Waals surface area contributed by atoms with Crippen LogP contribution in [0, 0.1) is 0 Å². The van der Waals surface area contributed by atoms with Gasteiger partial charge < -0.3 is 4.90 Å². The molecule has 2 nitrogen and oxygen atoms in total. The van der Waals surface area contributed by atoms with E-state index in [2.05, 4.69) is 6.92 Å². The number of hydrogen-bond donors (Lipinski definition) is 0. The van der Waals surface area contributed by atoms with Crippen molar-refractivity contribution in [2.45, 2.75) is 39.2 Å². The molecule has 1 rings (SSSR count). The molecule has 88 valence electrons. The molecule has 1 atom stereocenters. The van der Waals surface area contributed by atoms with Gasteiger partial charge in [0.1, 0.15) is 0 Å². The predicted octanol–water partition coefficient (Wildman–Crippen LogP) is 3.05. The fourth-order valence-corrected chi connectivity index (χ4v) is 1.74. The number of hydrogen-bond acceptors (Lipinski definition) is 1. The summed E-state index contributed by atoms with van der Waals surface area (Å²) in [5, 5.41) is 0. The Balaban J connectivity index is 2.87. The Morgan fingerprint density at radius 1 is 1.25 bits per heavy atom. The molecule has 1 aromatic rings. The van der Waals surface area contributed by atoms with Gasteiger partial charge in [0, 0.05) is 13.1 Å². The minimum atomic E-state index is -0.00593. The monoisotopic (exact) mass is 219 g/mol. The second-order valence-corrected chi connectivity index (χ2v) is 4.41. The van der Waals surface area contributed by atoms with Gasteiger partial charge >= 0.3 is 0 Å². The summed E-state index contributed by atoms with van der Waals surface area (Å²) in [7, 11) is 1.87. The lowest BCUT2D eigenvalue weighted by molar-refractivity contribution is -0.133. The van der Waals surface area contributed by atoms with E-state index in [0.717, 1.165) is 12.0 Å². The quantitative estimate of drug-likeness (QED) is 0.762. The number of amides is 1. The summed E-state index contributed by atoms with van der Waals surface area (Å²) in [6.45, 7) is 6.13. The van der Waals surface area contributed by atoms with Gasteiger partial charge in [-0.25, -0.2) is 0 Å². The second-order valence-electron chi connectivity index (χ2n) is 4.41. The highest BCUT2D eigenvalue weighted by atomic mass is 16.2. The van der Waals surface area contributed by atoms with Gasteiger partial charge in [-0.15, -0.1) is 0 Å². The minimum absolute atomic E-state index is 0.00593. The standard InChI is InChI=1S/C14H21NO/c1-5-13(12-9-7-6-8-10-12)14(16)15(4)11(2)3/h6-11,13H,5H2,1-4H3. The van der Waals surface area contributed by atoms with E-state index in [9.17, 15) is 4.79 Å². The van der Waals surface area contributed by atoms with Crippen molar-refractivity contribution < 1.29 is 4.79 Å². The van der Waals surface area contributed by atoms with Crippen LogP contribution in [0.25, 0.3) is 0 Å². The molecule has 1 unspecified atom stereocenters. The Labute approximate surface area is 98.3 Å². The summed E-state index contributed by atoms with van der Waals surface area (Å²) in [5.41, 5.74) is 1.11. The third-order valence-electron chi connectivity index (χ3n) is 3.03. The minimum Gasteiger partial charge on any atom is -0.343 e. The van der Waals surface area contributed by atoms with Gasteiger partial charge in [-0.2, -0.15) is 0 Å². The Morgan fingerprint density at radius 3 is 2.25 bits per heavy atom. The van der Waals surface area contributed by atoms with Gasteiger partial charge in [0.15, 0.2) is 0 Å². The van der Waals surface area contributed by atoms with Crippen molar-refractivity contribution in [2.24, 2.45) is 0 Å². The number of likely N-dealkylation sites (N-methyl/N-ethyl adjacent to an activating group) is 1. The Bertz CT molecular complexity index is 332. The van der Waals surface area contributed by atoms with Crippen molar-refractivity contribution >= 4 is 5.91 Å². The van der Waals surface area contributed by atoms with Crippen LogP contribution in [-0.4, -0.2) is 23.9 Å². The summed E-state index contributed by atoms with van der Waals surface area (Å²) in [6, 6.07) is 10.3. The van der Waals surface area contributed by atoms with E-state index in [-0.39, 0.29) is 17.9 Å². The van der Waals surface area contributed by atoms with Crippen molar-refractivity contribution in [3.63, 3.8) is 0 Å². The van der Waals surface area contributed by atoms with Crippen LogP contribution in [0.2, 0.25) is 0 Å². The van der Waals surface area contributed by atoms with Crippen LogP contribution < -0.4 is 0 Å². The molecule has 16 heavy (non-hydrogen) atoms. The van der Waals surface area contributed by atoms with Crippen LogP contribution in [0.5, 0.6) is 0 Å². The molecular formula is C14H21NO. The van der Waals surface area contributed by atoms with Crippen molar-refractivity contribution in [1.82, 2.24) is 4.90 Å². The molecule has 0 bridgehead atoms. The van der Waals surface area contributed by atoms with E-state index in [1.165, 1.54) is 0 Å². The molecule has 0 aliphatic carbocycles. The molecule has 0 radical (unpaired) electrons. The lowest BCUT2D eigenvalue weighted by atomic mass is 9.95. The summed E-state index contributed by atoms with van der Waals surface area (Å²) in [4.78, 5) is 14.1. The van der Waals surface area contributed by atoms with Gasteiger partial charge in [0.05, 0.1) is 5.92 Å². The fraction of sp³-hybridized carbons (Fsp3) is 0.500. The fourth-order valence-electron chi connectivity index (χ4n) is 1.74. The molecular weight excluding hydrogens is 198 g/mol. The van der Waals surface area contributed by atoms with Crippen LogP contribution in [0.1, 0.15) is 38.7 Å². The molecule has 0 aliphatic rings. The van der Waals surface area contributed by atoms with Crippen LogP contribution in [0.3, 0.4) is 0 Å². The average molecular weight is 219 g/mol. The predicted molar refractivity (Wildman–Crippen MR) is 67.4 cm³/mol. The Kier molecular flexibility index (Phi) is 4.53. The highest BCUT2D eigenvalue weighted by Crippen LogP contribution is 2.22. The number of nitrogens with zero attached hydrogens (tertiary/aromatic N) is 1. The average Bonchev–Trinajstić information content (AvgIpc) is 2.30. The van der Waals surface area contributed by atoms with Crippen LogP contribution in [0.4, 0.5) is 0 Å². The molecule has 0 fully saturated rings. The first kappa shape index (κ1) is 12.8. The van der Waals surface area contributed by atoms with Gasteiger partial charge in [0.2, 0.25) is 5.91 Å². The lowest BCUT2D eigenvalue weighted by Crippen LogP contribution is -2.36. The maximum absolute atomic E-state index is 12.2. The van der Waals surface area contributed by atoms with E-state index in [4.69, 9.17) is 0 Å². The molecule has 0 N–H and O–H groups in total. The zero-order chi connectivity index (χ0) is 12.1. The number of rotatable bonds is 4. The molecule has 0 aliphatic heterocycles. The maximum atomic E-state index is 12.2. The summed E-state index contributed by atoms with van der Waals surface area (Å²) < 4.78 is 0. The summed E-state index contributed by atoms with van der Waals surface area (Å²) in [5.74, 6) is 0.206. The number of carbonyl (C=O) groups excluding carboxylic acids is 1. The highest BCUT2D eigenvalue weighted by molar-refractivity contribution is 5.83. The van der Waals surface area contributed by atoms with E-state index in [1.54, 1.807) is 0 Å². The third kappa shape index (κ3) is 2.84. The Hall–Kier alpha value is -1.31. The first-order valence-corrected chi connectivity index (χ1v) is 5.89. The first-order valence-electron chi connectivity index (χ1n) is 5.89. The molecule has 0 saturated carbocycles. The molecule has 0 saturated heterocycles. The van der Waals surface area contributed by atoms with Crippen LogP contribution in [-0.2, 0) is 4.79 Å². The van der Waals surface area contributed by atoms with Crippen LogP contribution >= 0.6 is 0 Å². The second kappa shape index (κ2) is 5.69. The molecule has 0 spiro atoms. The van der Waals surface area contributed by atoms with Crippen molar-refractivity contribution in [3.8, 4) is 0 Å². The van der Waals surface area contributed by atoms with E-state index >= 15 is 0 Å². The largest absolute Gasteiger partial charge is 0.343 e. The maximum Gasteiger partial charge on any atom is 0.230 e. The summed E-state index contributed by atoms with van der Waals surface area (Å²) >= 11 is 0. The van der Waals surface area contributed by atoms with E-state index < -0.39 is 0 Å². The highest BCUT2D eigenvalue weighted by Gasteiger charge is 2.23. The smallest absolute Gasteiger partial charge is 0.230 e. The normalized spacial score (nSPS) is 12.6. The van der Waals surface area contributed by atoms with Crippen molar-refractivity contribution in [2.75, 3.05) is 7.05 Å². The summed E-state index contributed by atoms with van der Waals surface area (Å²) in [6.07, 6.45) is 0.847. The van der Waals surface area contributed by atoms with E-state index in [0.29, 0.717) is 0 Å². The topological polar surface area (TPSA) is 20.3 Å². The number of carbonyl (C=O) groups is 1. The molecule has 2 heteroatoms. The molecule has 1 aromatic carbocycles. The van der Waals surface area contributed by atoms with Gasteiger partial charge in [-0.05, 0) is 25.8 Å². The van der Waals surface area contributed by atoms with Gasteiger partial charge in [-0.1, -0.05) is 37.3 Å². The Morgan fingerprint density at radius 2 is 1.81 bits per heavy atom.